The lowest BCUT2D eigenvalue weighted by molar-refractivity contribution is -0.390. The molecule has 0 saturated carbocycles. The van der Waals surface area contributed by atoms with Crippen molar-refractivity contribution < 1.29 is 4.92 Å². The van der Waals surface area contributed by atoms with Crippen LogP contribution >= 0.6 is 15.9 Å². The zero-order valence-corrected chi connectivity index (χ0v) is 8.77. The van der Waals surface area contributed by atoms with E-state index in [0.29, 0.717) is 23.9 Å². The number of nitrogens with zero attached hydrogens (tertiary/aromatic N) is 4. The first-order valence-electron chi connectivity index (χ1n) is 3.89. The Labute approximate surface area is 88.4 Å². The van der Waals surface area contributed by atoms with Crippen molar-refractivity contribution in [1.82, 2.24) is 9.78 Å². The summed E-state index contributed by atoms with van der Waals surface area (Å²) in [7, 11) is 0. The molecule has 0 fully saturated rings. The van der Waals surface area contributed by atoms with Crippen LogP contribution in [0.5, 0.6) is 0 Å². The zero-order chi connectivity index (χ0) is 10.6. The molecule has 74 valence electrons. The lowest BCUT2D eigenvalue weighted by Gasteiger charge is -1.90. The fourth-order valence-electron chi connectivity index (χ4n) is 0.945. The molecule has 1 aromatic heterocycles. The molecule has 7 heteroatoms. The molecule has 0 aliphatic heterocycles. The van der Waals surface area contributed by atoms with Crippen molar-refractivity contribution in [2.24, 2.45) is 0 Å². The highest BCUT2D eigenvalue weighted by Gasteiger charge is 2.17. The van der Waals surface area contributed by atoms with Gasteiger partial charge in [-0.05, 0) is 27.3 Å². The third-order valence-electron chi connectivity index (χ3n) is 1.55. The molecule has 0 atom stereocenters. The van der Waals surface area contributed by atoms with Crippen molar-refractivity contribution in [3.8, 4) is 6.07 Å². The standard InChI is InChI=1S/C7H7BrN4O2/c8-6-5-11(4-2-1-3-9)10-7(6)12(13)14/h5H,1-2,4H2. The van der Waals surface area contributed by atoms with Crippen molar-refractivity contribution in [2.45, 2.75) is 19.4 Å². The second-order valence-electron chi connectivity index (χ2n) is 2.58. The van der Waals surface area contributed by atoms with Crippen LogP contribution in [0.1, 0.15) is 12.8 Å². The minimum Gasteiger partial charge on any atom is -0.358 e. The molecule has 0 N–H and O–H groups in total. The number of halogens is 1. The monoisotopic (exact) mass is 258 g/mol. The fourth-order valence-corrected chi connectivity index (χ4v) is 1.41. The molecule has 0 aromatic carbocycles. The van der Waals surface area contributed by atoms with Gasteiger partial charge < -0.3 is 10.1 Å². The Hall–Kier alpha value is -1.42. The fraction of sp³-hybridized carbons (Fsp3) is 0.429. The van der Waals surface area contributed by atoms with E-state index in [4.69, 9.17) is 5.26 Å². The quantitative estimate of drug-likeness (QED) is 0.469. The van der Waals surface area contributed by atoms with E-state index in [1.54, 1.807) is 0 Å². The van der Waals surface area contributed by atoms with Gasteiger partial charge in [0.1, 0.15) is 4.47 Å². The summed E-state index contributed by atoms with van der Waals surface area (Å²) in [6.45, 7) is 0.514. The molecule has 0 radical (unpaired) electrons. The van der Waals surface area contributed by atoms with Gasteiger partial charge in [0.15, 0.2) is 0 Å². The number of hydrogen-bond donors (Lipinski definition) is 0. The number of nitriles is 1. The van der Waals surface area contributed by atoms with E-state index in [-0.39, 0.29) is 5.82 Å². The maximum Gasteiger partial charge on any atom is 0.404 e. The average molecular weight is 259 g/mol. The maximum absolute atomic E-state index is 10.4. The van der Waals surface area contributed by atoms with Gasteiger partial charge in [0.2, 0.25) is 0 Å². The molecule has 0 aliphatic carbocycles. The zero-order valence-electron chi connectivity index (χ0n) is 7.18. The number of aromatic nitrogens is 2. The molecule has 0 bridgehead atoms. The molecule has 0 unspecified atom stereocenters. The van der Waals surface area contributed by atoms with E-state index >= 15 is 0 Å². The Morgan fingerprint density at radius 1 is 1.79 bits per heavy atom. The van der Waals surface area contributed by atoms with E-state index < -0.39 is 4.92 Å². The number of rotatable bonds is 4. The Balaban J connectivity index is 2.67. The van der Waals surface area contributed by atoms with E-state index in [1.165, 1.54) is 10.9 Å². The molecule has 0 saturated heterocycles. The summed E-state index contributed by atoms with van der Waals surface area (Å²) < 4.78 is 1.82. The molecule has 1 heterocycles. The molecule has 0 spiro atoms. The van der Waals surface area contributed by atoms with Crippen molar-refractivity contribution in [3.63, 3.8) is 0 Å². The Kier molecular flexibility index (Phi) is 3.59. The predicted octanol–water partition coefficient (Wildman–Crippen LogP) is 1.86. The van der Waals surface area contributed by atoms with Gasteiger partial charge in [-0.3, -0.25) is 0 Å². The highest BCUT2D eigenvalue weighted by Crippen LogP contribution is 2.21. The Morgan fingerprint density at radius 3 is 3.00 bits per heavy atom. The lowest BCUT2D eigenvalue weighted by atomic mass is 10.3. The topological polar surface area (TPSA) is 84.8 Å². The summed E-state index contributed by atoms with van der Waals surface area (Å²) in [6.07, 6.45) is 2.60. The van der Waals surface area contributed by atoms with Gasteiger partial charge in [0.25, 0.3) is 0 Å². The molecular weight excluding hydrogens is 252 g/mol. The van der Waals surface area contributed by atoms with Gasteiger partial charge in [-0.15, -0.1) is 0 Å². The van der Waals surface area contributed by atoms with Crippen LogP contribution in [-0.4, -0.2) is 14.7 Å². The minimum absolute atomic E-state index is 0.193. The average Bonchev–Trinajstić information content (AvgIpc) is 2.47. The summed E-state index contributed by atoms with van der Waals surface area (Å²) in [5, 5.41) is 22.4. The van der Waals surface area contributed by atoms with Gasteiger partial charge in [0, 0.05) is 6.42 Å². The van der Waals surface area contributed by atoms with Gasteiger partial charge >= 0.3 is 5.82 Å². The van der Waals surface area contributed by atoms with Crippen molar-refractivity contribution in [1.29, 1.82) is 5.26 Å². The first-order chi connectivity index (χ1) is 6.65. The normalized spacial score (nSPS) is 9.71. The largest absolute Gasteiger partial charge is 0.404 e. The van der Waals surface area contributed by atoms with Crippen LogP contribution in [0.4, 0.5) is 5.82 Å². The number of hydrogen-bond acceptors (Lipinski definition) is 4. The van der Waals surface area contributed by atoms with Crippen molar-refractivity contribution in [3.05, 3.63) is 20.8 Å². The van der Waals surface area contributed by atoms with Crippen LogP contribution in [0.15, 0.2) is 10.7 Å². The predicted molar refractivity (Wildman–Crippen MR) is 51.4 cm³/mol. The molecule has 0 aliphatic rings. The van der Waals surface area contributed by atoms with Crippen LogP contribution in [-0.2, 0) is 6.54 Å². The summed E-state index contributed by atoms with van der Waals surface area (Å²) in [5.41, 5.74) is 0. The van der Waals surface area contributed by atoms with E-state index in [9.17, 15) is 10.1 Å². The molecule has 1 rings (SSSR count). The smallest absolute Gasteiger partial charge is 0.358 e. The SMILES string of the molecule is N#CCCCn1cc(Br)c([N+](=O)[O-])n1. The maximum atomic E-state index is 10.4. The molecule has 6 nitrogen and oxygen atoms in total. The molecule has 14 heavy (non-hydrogen) atoms. The van der Waals surface area contributed by atoms with E-state index in [0.717, 1.165) is 0 Å². The third kappa shape index (κ3) is 2.53. The molecular formula is C7H7BrN4O2. The summed E-state index contributed by atoms with van der Waals surface area (Å²) in [5.74, 6) is -0.193. The summed E-state index contributed by atoms with van der Waals surface area (Å²) >= 11 is 3.04. The number of nitro groups is 1. The molecule has 0 amide bonds. The van der Waals surface area contributed by atoms with Crippen LogP contribution in [0.3, 0.4) is 0 Å². The third-order valence-corrected chi connectivity index (χ3v) is 2.11. The van der Waals surface area contributed by atoms with E-state index in [1.807, 2.05) is 6.07 Å². The van der Waals surface area contributed by atoms with E-state index in [2.05, 4.69) is 21.0 Å². The summed E-state index contributed by atoms with van der Waals surface area (Å²) in [4.78, 5) is 9.86. The number of unbranched alkanes of at least 4 members (excludes halogenated alkanes) is 1. The van der Waals surface area contributed by atoms with Crippen LogP contribution in [0.2, 0.25) is 0 Å². The lowest BCUT2D eigenvalue weighted by Crippen LogP contribution is -1.99. The second kappa shape index (κ2) is 4.72. The van der Waals surface area contributed by atoms with Gasteiger partial charge in [-0.2, -0.15) is 9.94 Å². The van der Waals surface area contributed by atoms with Crippen molar-refractivity contribution in [2.75, 3.05) is 0 Å². The van der Waals surface area contributed by atoms with Crippen LogP contribution in [0.25, 0.3) is 0 Å². The van der Waals surface area contributed by atoms with Gasteiger partial charge in [0.05, 0.1) is 23.9 Å². The van der Waals surface area contributed by atoms with Crippen LogP contribution in [0, 0.1) is 21.4 Å². The highest BCUT2D eigenvalue weighted by molar-refractivity contribution is 9.10. The summed E-state index contributed by atoms with van der Waals surface area (Å²) in [6, 6.07) is 2.00. The van der Waals surface area contributed by atoms with Gasteiger partial charge in [-0.25, -0.2) is 0 Å². The number of aryl methyl sites for hydroxylation is 1. The Morgan fingerprint density at radius 2 is 2.50 bits per heavy atom. The van der Waals surface area contributed by atoms with Crippen LogP contribution < -0.4 is 0 Å². The first-order valence-corrected chi connectivity index (χ1v) is 4.68. The highest BCUT2D eigenvalue weighted by atomic mass is 79.9. The minimum atomic E-state index is -0.551. The van der Waals surface area contributed by atoms with Crippen molar-refractivity contribution >= 4 is 21.7 Å². The molecule has 1 aromatic rings. The van der Waals surface area contributed by atoms with Gasteiger partial charge in [-0.1, -0.05) is 0 Å². The Bertz CT molecular complexity index is 382. The first kappa shape index (κ1) is 10.7. The second-order valence-corrected chi connectivity index (χ2v) is 3.44.